The topological polar surface area (TPSA) is 83.8 Å². The van der Waals surface area contributed by atoms with Crippen molar-refractivity contribution >= 4 is 27.9 Å². The van der Waals surface area contributed by atoms with Gasteiger partial charge in [-0.05, 0) is 34.1 Å². The number of carbonyl (C=O) groups excluding carboxylic acids is 1. The molecule has 1 atom stereocenters. The van der Waals surface area contributed by atoms with E-state index in [0.717, 1.165) is 0 Å². The van der Waals surface area contributed by atoms with Crippen molar-refractivity contribution < 1.29 is 24.5 Å². The Balaban J connectivity index is 0.000000155. The van der Waals surface area contributed by atoms with Crippen molar-refractivity contribution in [2.75, 3.05) is 0 Å². The van der Waals surface area contributed by atoms with E-state index in [1.165, 1.54) is 0 Å². The summed E-state index contributed by atoms with van der Waals surface area (Å²) >= 11 is 3.12. The highest BCUT2D eigenvalue weighted by Gasteiger charge is 2.28. The lowest BCUT2D eigenvalue weighted by molar-refractivity contribution is -0.0547. The van der Waals surface area contributed by atoms with Crippen LogP contribution in [0.15, 0.2) is 53.0 Å². The standard InChI is InChI=1S/C8H6O3.C7H5BrO2/c9-7-5-3-1-2-4-6(5)8(10)11-7;8-6-4-2-1-3-5(6)7(9)10/h1-4,7,9H;1-4H,(H,9,10). The first-order valence-electron chi connectivity index (χ1n) is 5.96. The average Bonchev–Trinajstić information content (AvgIpc) is 2.76. The number of halogens is 1. The van der Waals surface area contributed by atoms with Crippen LogP contribution in [-0.2, 0) is 4.74 Å². The van der Waals surface area contributed by atoms with Gasteiger partial charge in [-0.3, -0.25) is 0 Å². The predicted molar refractivity (Wildman–Crippen MR) is 77.9 cm³/mol. The Kier molecular flexibility index (Phi) is 4.72. The van der Waals surface area contributed by atoms with Crippen LogP contribution in [-0.4, -0.2) is 22.2 Å². The third-order valence-electron chi connectivity index (χ3n) is 2.77. The molecule has 5 nitrogen and oxygen atoms in total. The molecule has 2 aromatic carbocycles. The summed E-state index contributed by atoms with van der Waals surface area (Å²) in [4.78, 5) is 21.3. The lowest BCUT2D eigenvalue weighted by Gasteiger charge is -1.98. The van der Waals surface area contributed by atoms with Crippen LogP contribution in [0.2, 0.25) is 0 Å². The van der Waals surface area contributed by atoms with Gasteiger partial charge >= 0.3 is 11.9 Å². The largest absolute Gasteiger partial charge is 0.478 e. The third-order valence-corrected chi connectivity index (χ3v) is 3.46. The summed E-state index contributed by atoms with van der Waals surface area (Å²) in [5.41, 5.74) is 1.31. The fraction of sp³-hybridized carbons (Fsp3) is 0.0667. The first-order valence-corrected chi connectivity index (χ1v) is 6.76. The lowest BCUT2D eigenvalue weighted by atomic mass is 10.1. The zero-order chi connectivity index (χ0) is 15.4. The minimum absolute atomic E-state index is 0.294. The van der Waals surface area contributed by atoms with Gasteiger partial charge in [0.25, 0.3) is 0 Å². The molecular weight excluding hydrogens is 340 g/mol. The first kappa shape index (κ1) is 15.2. The fourth-order valence-electron chi connectivity index (χ4n) is 1.76. The van der Waals surface area contributed by atoms with Crippen molar-refractivity contribution in [2.45, 2.75) is 6.29 Å². The van der Waals surface area contributed by atoms with E-state index in [-0.39, 0.29) is 0 Å². The summed E-state index contributed by atoms with van der Waals surface area (Å²) in [7, 11) is 0. The highest BCUT2D eigenvalue weighted by molar-refractivity contribution is 9.10. The van der Waals surface area contributed by atoms with E-state index < -0.39 is 18.2 Å². The number of fused-ring (bicyclic) bond motifs is 1. The Labute approximate surface area is 128 Å². The van der Waals surface area contributed by atoms with Crippen molar-refractivity contribution in [2.24, 2.45) is 0 Å². The smallest absolute Gasteiger partial charge is 0.341 e. The highest BCUT2D eigenvalue weighted by Crippen LogP contribution is 2.27. The molecule has 1 heterocycles. The molecule has 2 N–H and O–H groups in total. The zero-order valence-corrected chi connectivity index (χ0v) is 12.3. The van der Waals surface area contributed by atoms with E-state index in [2.05, 4.69) is 20.7 Å². The van der Waals surface area contributed by atoms with Crippen molar-refractivity contribution in [3.63, 3.8) is 0 Å². The second-order valence-electron chi connectivity index (χ2n) is 4.13. The summed E-state index contributed by atoms with van der Waals surface area (Å²) in [6.45, 7) is 0. The van der Waals surface area contributed by atoms with Crippen LogP contribution >= 0.6 is 15.9 Å². The van der Waals surface area contributed by atoms with Crippen LogP contribution < -0.4 is 0 Å². The van der Waals surface area contributed by atoms with Gasteiger partial charge in [0.05, 0.1) is 11.1 Å². The molecule has 0 spiro atoms. The maximum Gasteiger partial charge on any atom is 0.341 e. The molecule has 0 saturated carbocycles. The summed E-state index contributed by atoms with van der Waals surface area (Å²) in [6.07, 6.45) is -1.07. The number of aliphatic hydroxyl groups excluding tert-OH is 1. The normalized spacial score (nSPS) is 15.5. The number of carboxylic acids is 1. The summed E-state index contributed by atoms with van der Waals surface area (Å²) in [5, 5.41) is 17.6. The Hall–Kier alpha value is -2.18. The molecule has 0 aliphatic carbocycles. The quantitative estimate of drug-likeness (QED) is 0.772. The molecule has 0 aromatic heterocycles. The first-order chi connectivity index (χ1) is 10.0. The molecule has 1 aliphatic heterocycles. The Morgan fingerprint density at radius 3 is 2.29 bits per heavy atom. The number of cyclic esters (lactones) is 1. The minimum atomic E-state index is -1.07. The van der Waals surface area contributed by atoms with Gasteiger partial charge in [-0.1, -0.05) is 30.3 Å². The molecule has 0 amide bonds. The number of hydrogen-bond acceptors (Lipinski definition) is 4. The molecule has 6 heteroatoms. The Bertz CT molecular complexity index is 683. The van der Waals surface area contributed by atoms with Crippen LogP contribution in [0.5, 0.6) is 0 Å². The summed E-state index contributed by atoms with van der Waals surface area (Å²) < 4.78 is 5.16. The monoisotopic (exact) mass is 350 g/mol. The zero-order valence-electron chi connectivity index (χ0n) is 10.7. The second-order valence-corrected chi connectivity index (χ2v) is 4.98. The molecule has 1 aliphatic rings. The number of aromatic carboxylic acids is 1. The van der Waals surface area contributed by atoms with E-state index in [1.54, 1.807) is 48.5 Å². The van der Waals surface area contributed by atoms with Crippen LogP contribution in [0.4, 0.5) is 0 Å². The number of carboxylic acid groups (broad SMARTS) is 1. The number of ether oxygens (including phenoxy) is 1. The number of esters is 1. The SMILES string of the molecule is O=C(O)c1ccccc1Br.O=C1OC(O)c2ccccc21. The summed E-state index contributed by atoms with van der Waals surface area (Å²) in [5.74, 6) is -1.36. The predicted octanol–water partition coefficient (Wildman–Crippen LogP) is 3.00. The van der Waals surface area contributed by atoms with Gasteiger partial charge in [-0.25, -0.2) is 9.59 Å². The Morgan fingerprint density at radius 2 is 1.71 bits per heavy atom. The molecule has 108 valence electrons. The van der Waals surface area contributed by atoms with Crippen LogP contribution in [0.25, 0.3) is 0 Å². The van der Waals surface area contributed by atoms with Crippen molar-refractivity contribution in [3.8, 4) is 0 Å². The van der Waals surface area contributed by atoms with E-state index >= 15 is 0 Å². The lowest BCUT2D eigenvalue weighted by Crippen LogP contribution is -1.95. The third kappa shape index (κ3) is 3.48. The number of aliphatic hydroxyl groups is 1. The Morgan fingerprint density at radius 1 is 1.10 bits per heavy atom. The van der Waals surface area contributed by atoms with Gasteiger partial charge in [-0.15, -0.1) is 0 Å². The molecule has 0 saturated heterocycles. The number of carbonyl (C=O) groups is 2. The molecule has 0 bridgehead atoms. The van der Waals surface area contributed by atoms with Gasteiger partial charge in [0, 0.05) is 10.0 Å². The molecule has 21 heavy (non-hydrogen) atoms. The second kappa shape index (κ2) is 6.51. The average molecular weight is 351 g/mol. The van der Waals surface area contributed by atoms with E-state index in [1.807, 2.05) is 0 Å². The van der Waals surface area contributed by atoms with Gasteiger partial charge in [0.1, 0.15) is 0 Å². The minimum Gasteiger partial charge on any atom is -0.478 e. The maximum absolute atomic E-state index is 10.9. The van der Waals surface area contributed by atoms with Gasteiger partial charge in [0.15, 0.2) is 0 Å². The molecule has 3 rings (SSSR count). The van der Waals surface area contributed by atoms with Gasteiger partial charge < -0.3 is 14.9 Å². The molecule has 2 aromatic rings. The van der Waals surface area contributed by atoms with Gasteiger partial charge in [-0.2, -0.15) is 0 Å². The van der Waals surface area contributed by atoms with E-state index in [4.69, 9.17) is 10.2 Å². The molecular formula is C15H11BrO5. The van der Waals surface area contributed by atoms with Crippen molar-refractivity contribution in [3.05, 3.63) is 69.7 Å². The highest BCUT2D eigenvalue weighted by atomic mass is 79.9. The maximum atomic E-state index is 10.9. The van der Waals surface area contributed by atoms with Crippen molar-refractivity contribution in [1.29, 1.82) is 0 Å². The van der Waals surface area contributed by atoms with E-state index in [9.17, 15) is 9.59 Å². The number of benzene rings is 2. The van der Waals surface area contributed by atoms with Crippen LogP contribution in [0, 0.1) is 0 Å². The van der Waals surface area contributed by atoms with Crippen LogP contribution in [0.3, 0.4) is 0 Å². The summed E-state index contributed by atoms with van der Waals surface area (Å²) in [6, 6.07) is 13.5. The number of hydrogen-bond donors (Lipinski definition) is 2. The molecule has 0 radical (unpaired) electrons. The molecule has 0 fully saturated rings. The fourth-order valence-corrected chi connectivity index (χ4v) is 2.22. The molecule has 1 unspecified atom stereocenters. The van der Waals surface area contributed by atoms with Crippen LogP contribution in [0.1, 0.15) is 32.6 Å². The van der Waals surface area contributed by atoms with Gasteiger partial charge in [0.2, 0.25) is 6.29 Å². The van der Waals surface area contributed by atoms with Crippen molar-refractivity contribution in [1.82, 2.24) is 0 Å². The van der Waals surface area contributed by atoms with E-state index in [0.29, 0.717) is 21.2 Å². The number of rotatable bonds is 1.